The van der Waals surface area contributed by atoms with Crippen LogP contribution >= 0.6 is 11.6 Å². The number of piperazine rings is 1. The SMILES string of the molecule is CCOC(=O)c1ccc(N2CCN(CC3=C(c4ccc(Cl)cc4F)CCCCC3)CC2)cc1. The largest absolute Gasteiger partial charge is 0.462 e. The predicted molar refractivity (Wildman–Crippen MR) is 132 cm³/mol. The first kappa shape index (κ1) is 23.8. The summed E-state index contributed by atoms with van der Waals surface area (Å²) in [5, 5.41) is 0.443. The van der Waals surface area contributed by atoms with E-state index >= 15 is 0 Å². The minimum atomic E-state index is -0.279. The molecule has 176 valence electrons. The van der Waals surface area contributed by atoms with Crippen molar-refractivity contribution in [2.45, 2.75) is 39.0 Å². The van der Waals surface area contributed by atoms with Crippen LogP contribution in [-0.2, 0) is 4.74 Å². The molecule has 0 amide bonds. The number of hydrogen-bond donors (Lipinski definition) is 0. The molecule has 0 aromatic heterocycles. The number of benzene rings is 2. The molecule has 0 atom stereocenters. The number of hydrogen-bond acceptors (Lipinski definition) is 4. The number of carbonyl (C=O) groups is 1. The Balaban J connectivity index is 1.41. The highest BCUT2D eigenvalue weighted by molar-refractivity contribution is 6.30. The summed E-state index contributed by atoms with van der Waals surface area (Å²) in [6.07, 6.45) is 5.43. The van der Waals surface area contributed by atoms with E-state index in [1.165, 1.54) is 30.1 Å². The number of carbonyl (C=O) groups excluding carboxylic acids is 1. The van der Waals surface area contributed by atoms with Gasteiger partial charge < -0.3 is 9.64 Å². The third-order valence-electron chi connectivity index (χ3n) is 6.62. The van der Waals surface area contributed by atoms with Crippen LogP contribution in [0.1, 0.15) is 54.9 Å². The van der Waals surface area contributed by atoms with Gasteiger partial charge in [-0.1, -0.05) is 29.7 Å². The molecule has 1 heterocycles. The van der Waals surface area contributed by atoms with Gasteiger partial charge in [-0.2, -0.15) is 0 Å². The quantitative estimate of drug-likeness (QED) is 0.471. The Morgan fingerprint density at radius 2 is 1.73 bits per heavy atom. The Hall–Kier alpha value is -2.37. The zero-order valence-electron chi connectivity index (χ0n) is 19.3. The van der Waals surface area contributed by atoms with E-state index in [-0.39, 0.29) is 11.8 Å². The topological polar surface area (TPSA) is 32.8 Å². The molecule has 0 saturated carbocycles. The van der Waals surface area contributed by atoms with Crippen LogP contribution in [0.4, 0.5) is 10.1 Å². The molecular weight excluding hydrogens is 439 g/mol. The molecule has 0 unspecified atom stereocenters. The van der Waals surface area contributed by atoms with Gasteiger partial charge in [0.2, 0.25) is 0 Å². The van der Waals surface area contributed by atoms with Gasteiger partial charge in [-0.15, -0.1) is 0 Å². The van der Waals surface area contributed by atoms with Crippen molar-refractivity contribution in [2.24, 2.45) is 0 Å². The highest BCUT2D eigenvalue weighted by Crippen LogP contribution is 2.34. The number of halogens is 2. The first-order chi connectivity index (χ1) is 16.0. The third-order valence-corrected chi connectivity index (χ3v) is 6.85. The van der Waals surface area contributed by atoms with Gasteiger partial charge in [0.15, 0.2) is 0 Å². The molecule has 0 radical (unpaired) electrons. The Bertz CT molecular complexity index is 998. The van der Waals surface area contributed by atoms with Crippen LogP contribution in [0.3, 0.4) is 0 Å². The van der Waals surface area contributed by atoms with Gasteiger partial charge in [0, 0.05) is 49.0 Å². The Morgan fingerprint density at radius 3 is 2.42 bits per heavy atom. The predicted octanol–water partition coefficient (Wildman–Crippen LogP) is 6.20. The highest BCUT2D eigenvalue weighted by Gasteiger charge is 2.22. The molecule has 0 bridgehead atoms. The molecule has 4 nitrogen and oxygen atoms in total. The van der Waals surface area contributed by atoms with E-state index in [0.717, 1.165) is 63.2 Å². The van der Waals surface area contributed by atoms with E-state index in [4.69, 9.17) is 16.3 Å². The van der Waals surface area contributed by atoms with Crippen molar-refractivity contribution < 1.29 is 13.9 Å². The van der Waals surface area contributed by atoms with Crippen LogP contribution in [0.2, 0.25) is 5.02 Å². The average molecular weight is 471 g/mol. The zero-order valence-corrected chi connectivity index (χ0v) is 20.0. The average Bonchev–Trinajstić information content (AvgIpc) is 3.05. The fourth-order valence-corrected chi connectivity index (χ4v) is 4.99. The lowest BCUT2D eigenvalue weighted by atomic mass is 9.95. The first-order valence-corrected chi connectivity index (χ1v) is 12.3. The van der Waals surface area contributed by atoms with Gasteiger partial charge in [0.25, 0.3) is 0 Å². The number of rotatable bonds is 6. The maximum atomic E-state index is 14.7. The van der Waals surface area contributed by atoms with Crippen molar-refractivity contribution in [1.82, 2.24) is 4.90 Å². The van der Waals surface area contributed by atoms with Gasteiger partial charge in [-0.05, 0) is 74.6 Å². The number of anilines is 1. The zero-order chi connectivity index (χ0) is 23.2. The Labute approximate surface area is 201 Å². The normalized spacial score (nSPS) is 17.7. The minimum absolute atomic E-state index is 0.215. The molecule has 6 heteroatoms. The van der Waals surface area contributed by atoms with Crippen molar-refractivity contribution in [1.29, 1.82) is 0 Å². The van der Waals surface area contributed by atoms with Crippen molar-refractivity contribution in [3.8, 4) is 0 Å². The van der Waals surface area contributed by atoms with Gasteiger partial charge in [0.1, 0.15) is 5.82 Å². The maximum Gasteiger partial charge on any atom is 0.338 e. The van der Waals surface area contributed by atoms with Gasteiger partial charge >= 0.3 is 5.97 Å². The molecule has 33 heavy (non-hydrogen) atoms. The van der Waals surface area contributed by atoms with Crippen LogP contribution in [0.15, 0.2) is 48.0 Å². The molecule has 1 aliphatic heterocycles. The van der Waals surface area contributed by atoms with E-state index in [2.05, 4.69) is 9.80 Å². The number of esters is 1. The molecule has 2 aromatic carbocycles. The van der Waals surface area contributed by atoms with E-state index in [0.29, 0.717) is 17.2 Å². The summed E-state index contributed by atoms with van der Waals surface area (Å²) in [6, 6.07) is 12.7. The third kappa shape index (κ3) is 5.96. The smallest absolute Gasteiger partial charge is 0.338 e. The van der Waals surface area contributed by atoms with Crippen LogP contribution in [0.5, 0.6) is 0 Å². The lowest BCUT2D eigenvalue weighted by molar-refractivity contribution is 0.0526. The van der Waals surface area contributed by atoms with Gasteiger partial charge in [0.05, 0.1) is 12.2 Å². The first-order valence-electron chi connectivity index (χ1n) is 12.0. The van der Waals surface area contributed by atoms with E-state index in [1.54, 1.807) is 6.07 Å². The molecule has 0 spiro atoms. The fraction of sp³-hybridized carbons (Fsp3) is 0.444. The summed E-state index contributed by atoms with van der Waals surface area (Å²) in [5.41, 5.74) is 4.98. The van der Waals surface area contributed by atoms with Crippen molar-refractivity contribution in [2.75, 3.05) is 44.2 Å². The lowest BCUT2D eigenvalue weighted by Crippen LogP contribution is -2.47. The number of ether oxygens (including phenoxy) is 1. The van der Waals surface area contributed by atoms with Crippen LogP contribution in [0.25, 0.3) is 5.57 Å². The van der Waals surface area contributed by atoms with Gasteiger partial charge in [-0.25, -0.2) is 9.18 Å². The van der Waals surface area contributed by atoms with E-state index in [1.807, 2.05) is 37.3 Å². The standard InChI is InChI=1S/C27H32ClFN2O2/c1-2-33-27(32)20-8-11-23(12-9-20)31-16-14-30(15-17-31)19-21-6-4-3-5-7-24(21)25-13-10-22(28)18-26(25)29/h8-13,18H,2-7,14-17,19H2,1H3. The molecule has 2 aromatic rings. The highest BCUT2D eigenvalue weighted by atomic mass is 35.5. The molecule has 4 rings (SSSR count). The Kier molecular flexibility index (Phi) is 8.05. The number of allylic oxidation sites excluding steroid dienone is 1. The fourth-order valence-electron chi connectivity index (χ4n) is 4.84. The molecular formula is C27H32ClFN2O2. The summed E-state index contributed by atoms with van der Waals surface area (Å²) in [5.74, 6) is -0.494. The molecule has 1 fully saturated rings. The second-order valence-corrected chi connectivity index (χ2v) is 9.23. The van der Waals surface area contributed by atoms with Crippen molar-refractivity contribution in [3.63, 3.8) is 0 Å². The number of nitrogens with zero attached hydrogens (tertiary/aromatic N) is 2. The Morgan fingerprint density at radius 1 is 1.00 bits per heavy atom. The van der Waals surface area contributed by atoms with E-state index < -0.39 is 0 Å². The van der Waals surface area contributed by atoms with Crippen molar-refractivity contribution in [3.05, 3.63) is 70.0 Å². The minimum Gasteiger partial charge on any atom is -0.462 e. The van der Waals surface area contributed by atoms with Crippen LogP contribution < -0.4 is 4.90 Å². The van der Waals surface area contributed by atoms with Gasteiger partial charge in [-0.3, -0.25) is 4.90 Å². The van der Waals surface area contributed by atoms with Crippen LogP contribution in [0, 0.1) is 5.82 Å². The summed E-state index contributed by atoms with van der Waals surface area (Å²) in [6.45, 7) is 6.86. The second kappa shape index (κ2) is 11.2. The maximum absolute atomic E-state index is 14.7. The summed E-state index contributed by atoms with van der Waals surface area (Å²) in [4.78, 5) is 16.7. The molecule has 1 aliphatic carbocycles. The van der Waals surface area contributed by atoms with Crippen molar-refractivity contribution >= 4 is 28.8 Å². The van der Waals surface area contributed by atoms with Crippen LogP contribution in [-0.4, -0.2) is 50.2 Å². The molecule has 0 N–H and O–H groups in total. The second-order valence-electron chi connectivity index (χ2n) is 8.80. The summed E-state index contributed by atoms with van der Waals surface area (Å²) in [7, 11) is 0. The lowest BCUT2D eigenvalue weighted by Gasteiger charge is -2.37. The summed E-state index contributed by atoms with van der Waals surface area (Å²) < 4.78 is 19.8. The van der Waals surface area contributed by atoms with E-state index in [9.17, 15) is 9.18 Å². The molecule has 1 saturated heterocycles. The summed E-state index contributed by atoms with van der Waals surface area (Å²) >= 11 is 5.99. The monoisotopic (exact) mass is 470 g/mol. The molecule has 2 aliphatic rings.